The van der Waals surface area contributed by atoms with Crippen LogP contribution in [-0.4, -0.2) is 29.0 Å². The lowest BCUT2D eigenvalue weighted by molar-refractivity contribution is -0.118. The van der Waals surface area contributed by atoms with E-state index in [-0.39, 0.29) is 28.8 Å². The van der Waals surface area contributed by atoms with E-state index in [2.05, 4.69) is 15.3 Å². The first-order valence-corrected chi connectivity index (χ1v) is 6.00. The minimum absolute atomic E-state index is 0.0751. The van der Waals surface area contributed by atoms with Gasteiger partial charge in [0.1, 0.15) is 5.15 Å². The standard InChI is InChI=1S/C11H17ClN4O2/c1-4-6(2)9(13)10(17)16-11-14-7(12)5-8(15-11)18-3/h5-6,9H,4,13H2,1-3H3,(H,14,15,16,17)/t6-,9-/m0/s1. The van der Waals surface area contributed by atoms with Gasteiger partial charge in [-0.1, -0.05) is 31.9 Å². The Kier molecular flexibility index (Phi) is 5.30. The molecule has 2 atom stereocenters. The van der Waals surface area contributed by atoms with Crippen LogP contribution in [0.4, 0.5) is 5.95 Å². The molecule has 0 aliphatic rings. The van der Waals surface area contributed by atoms with E-state index in [0.717, 1.165) is 6.42 Å². The molecule has 18 heavy (non-hydrogen) atoms. The van der Waals surface area contributed by atoms with E-state index in [1.807, 2.05) is 13.8 Å². The fourth-order valence-corrected chi connectivity index (χ4v) is 1.44. The highest BCUT2D eigenvalue weighted by molar-refractivity contribution is 6.29. The molecular weight excluding hydrogens is 256 g/mol. The maximum absolute atomic E-state index is 11.8. The Bertz CT molecular complexity index is 428. The number of halogens is 1. The van der Waals surface area contributed by atoms with Crippen LogP contribution in [0, 0.1) is 5.92 Å². The van der Waals surface area contributed by atoms with E-state index in [1.54, 1.807) is 0 Å². The third-order valence-corrected chi connectivity index (χ3v) is 2.87. The SMILES string of the molecule is CC[C@H](C)[C@H](N)C(=O)Nc1nc(Cl)cc(OC)n1. The van der Waals surface area contributed by atoms with Crippen molar-refractivity contribution in [2.45, 2.75) is 26.3 Å². The summed E-state index contributed by atoms with van der Waals surface area (Å²) in [5.74, 6) is 0.102. The largest absolute Gasteiger partial charge is 0.481 e. The summed E-state index contributed by atoms with van der Waals surface area (Å²) in [7, 11) is 1.45. The normalized spacial score (nSPS) is 13.8. The third-order valence-electron chi connectivity index (χ3n) is 2.68. The molecule has 0 bridgehead atoms. The number of nitrogens with two attached hydrogens (primary N) is 1. The molecule has 7 heteroatoms. The number of rotatable bonds is 5. The number of carbonyl (C=O) groups is 1. The average molecular weight is 273 g/mol. The Balaban J connectivity index is 2.78. The maximum Gasteiger partial charge on any atom is 0.243 e. The van der Waals surface area contributed by atoms with E-state index < -0.39 is 6.04 Å². The molecule has 0 fully saturated rings. The van der Waals surface area contributed by atoms with Crippen LogP contribution in [0.25, 0.3) is 0 Å². The van der Waals surface area contributed by atoms with Crippen molar-refractivity contribution in [3.05, 3.63) is 11.2 Å². The van der Waals surface area contributed by atoms with Gasteiger partial charge in [-0.25, -0.2) is 4.98 Å². The molecule has 0 saturated heterocycles. The number of nitrogens with zero attached hydrogens (tertiary/aromatic N) is 2. The van der Waals surface area contributed by atoms with Gasteiger partial charge >= 0.3 is 0 Å². The van der Waals surface area contributed by atoms with Crippen LogP contribution in [0.2, 0.25) is 5.15 Å². The van der Waals surface area contributed by atoms with E-state index in [4.69, 9.17) is 22.1 Å². The van der Waals surface area contributed by atoms with Gasteiger partial charge in [0.2, 0.25) is 17.7 Å². The zero-order valence-electron chi connectivity index (χ0n) is 10.6. The molecule has 100 valence electrons. The van der Waals surface area contributed by atoms with Crippen LogP contribution >= 0.6 is 11.6 Å². The Morgan fingerprint density at radius 2 is 2.28 bits per heavy atom. The molecule has 1 aromatic rings. The highest BCUT2D eigenvalue weighted by atomic mass is 35.5. The van der Waals surface area contributed by atoms with Gasteiger partial charge < -0.3 is 10.5 Å². The number of carbonyl (C=O) groups excluding carboxylic acids is 1. The summed E-state index contributed by atoms with van der Waals surface area (Å²) < 4.78 is 4.93. The minimum Gasteiger partial charge on any atom is -0.481 e. The Hall–Kier alpha value is -1.40. The van der Waals surface area contributed by atoms with Gasteiger partial charge in [-0.15, -0.1) is 0 Å². The lowest BCUT2D eigenvalue weighted by atomic mass is 10.00. The summed E-state index contributed by atoms with van der Waals surface area (Å²) in [6.07, 6.45) is 0.814. The number of amides is 1. The Morgan fingerprint density at radius 1 is 1.61 bits per heavy atom. The second-order valence-electron chi connectivity index (χ2n) is 3.96. The fraction of sp³-hybridized carbons (Fsp3) is 0.545. The molecule has 0 aromatic carbocycles. The van der Waals surface area contributed by atoms with Crippen LogP contribution in [0.5, 0.6) is 5.88 Å². The molecule has 0 spiro atoms. The van der Waals surface area contributed by atoms with E-state index in [9.17, 15) is 4.79 Å². The number of aromatic nitrogens is 2. The van der Waals surface area contributed by atoms with E-state index >= 15 is 0 Å². The van der Waals surface area contributed by atoms with Crippen molar-refractivity contribution in [2.75, 3.05) is 12.4 Å². The first-order chi connectivity index (χ1) is 8.47. The number of ether oxygens (including phenoxy) is 1. The van der Waals surface area contributed by atoms with Crippen LogP contribution in [0.3, 0.4) is 0 Å². The van der Waals surface area contributed by atoms with Crippen molar-refractivity contribution in [2.24, 2.45) is 11.7 Å². The van der Waals surface area contributed by atoms with Crippen LogP contribution < -0.4 is 15.8 Å². The maximum atomic E-state index is 11.8. The zero-order chi connectivity index (χ0) is 13.7. The van der Waals surface area contributed by atoms with Crippen molar-refractivity contribution in [1.29, 1.82) is 0 Å². The molecule has 1 amide bonds. The first kappa shape index (κ1) is 14.7. The first-order valence-electron chi connectivity index (χ1n) is 5.63. The molecule has 0 saturated carbocycles. The molecule has 0 aliphatic carbocycles. The Morgan fingerprint density at radius 3 is 2.83 bits per heavy atom. The van der Waals surface area contributed by atoms with Gasteiger partial charge in [-0.3, -0.25) is 10.1 Å². The van der Waals surface area contributed by atoms with E-state index in [1.165, 1.54) is 13.2 Å². The Labute approximate surface area is 111 Å². The molecule has 1 rings (SSSR count). The van der Waals surface area contributed by atoms with Gasteiger partial charge in [0.05, 0.1) is 13.2 Å². The zero-order valence-corrected chi connectivity index (χ0v) is 11.4. The lowest BCUT2D eigenvalue weighted by Crippen LogP contribution is -2.41. The summed E-state index contributed by atoms with van der Waals surface area (Å²) in [6.45, 7) is 3.88. The number of anilines is 1. The molecule has 1 aromatic heterocycles. The van der Waals surface area contributed by atoms with Gasteiger partial charge in [-0.2, -0.15) is 4.98 Å². The van der Waals surface area contributed by atoms with Crippen molar-refractivity contribution >= 4 is 23.5 Å². The highest BCUT2D eigenvalue weighted by Gasteiger charge is 2.20. The van der Waals surface area contributed by atoms with Crippen molar-refractivity contribution in [3.8, 4) is 5.88 Å². The summed E-state index contributed by atoms with van der Waals surface area (Å²) in [4.78, 5) is 19.7. The second kappa shape index (κ2) is 6.51. The number of hydrogen-bond acceptors (Lipinski definition) is 5. The molecule has 3 N–H and O–H groups in total. The van der Waals surface area contributed by atoms with Gasteiger partial charge in [0.25, 0.3) is 0 Å². The third kappa shape index (κ3) is 3.82. The molecule has 6 nitrogen and oxygen atoms in total. The van der Waals surface area contributed by atoms with Crippen molar-refractivity contribution in [1.82, 2.24) is 9.97 Å². The molecule has 0 radical (unpaired) electrons. The average Bonchev–Trinajstić information content (AvgIpc) is 2.35. The van der Waals surface area contributed by atoms with E-state index in [0.29, 0.717) is 0 Å². The smallest absolute Gasteiger partial charge is 0.243 e. The summed E-state index contributed by atoms with van der Waals surface area (Å²) in [5.41, 5.74) is 5.80. The van der Waals surface area contributed by atoms with Crippen LogP contribution in [0.1, 0.15) is 20.3 Å². The van der Waals surface area contributed by atoms with Crippen molar-refractivity contribution < 1.29 is 9.53 Å². The predicted octanol–water partition coefficient (Wildman–Crippen LogP) is 1.45. The lowest BCUT2D eigenvalue weighted by Gasteiger charge is -2.17. The van der Waals surface area contributed by atoms with Gasteiger partial charge in [-0.05, 0) is 5.92 Å². The number of hydrogen-bond donors (Lipinski definition) is 2. The van der Waals surface area contributed by atoms with Gasteiger partial charge in [0.15, 0.2) is 0 Å². The highest BCUT2D eigenvalue weighted by Crippen LogP contribution is 2.16. The summed E-state index contributed by atoms with van der Waals surface area (Å²) in [5, 5.41) is 2.71. The fourth-order valence-electron chi connectivity index (χ4n) is 1.26. The summed E-state index contributed by atoms with van der Waals surface area (Å²) in [6, 6.07) is 0.842. The quantitative estimate of drug-likeness (QED) is 0.792. The number of methoxy groups -OCH3 is 1. The molecule has 1 heterocycles. The topological polar surface area (TPSA) is 90.1 Å². The monoisotopic (exact) mass is 272 g/mol. The van der Waals surface area contributed by atoms with Gasteiger partial charge in [0, 0.05) is 6.07 Å². The minimum atomic E-state index is -0.608. The second-order valence-corrected chi connectivity index (χ2v) is 4.34. The predicted molar refractivity (Wildman–Crippen MR) is 69.7 cm³/mol. The van der Waals surface area contributed by atoms with Crippen LogP contribution in [-0.2, 0) is 4.79 Å². The summed E-state index contributed by atoms with van der Waals surface area (Å²) >= 11 is 5.77. The molecular formula is C11H17ClN4O2. The van der Waals surface area contributed by atoms with Crippen LogP contribution in [0.15, 0.2) is 6.07 Å². The molecule has 0 unspecified atom stereocenters. The molecule has 0 aliphatic heterocycles. The number of nitrogens with one attached hydrogen (secondary N) is 1. The van der Waals surface area contributed by atoms with Crippen molar-refractivity contribution in [3.63, 3.8) is 0 Å².